The minimum atomic E-state index is 0.0218. The van der Waals surface area contributed by atoms with Crippen molar-refractivity contribution >= 4 is 34.1 Å². The first-order valence-electron chi connectivity index (χ1n) is 8.55. The molecule has 0 saturated carbocycles. The molecular weight excluding hydrogens is 328 g/mol. The van der Waals surface area contributed by atoms with Gasteiger partial charge in [0.15, 0.2) is 5.78 Å². The van der Waals surface area contributed by atoms with Gasteiger partial charge in [0, 0.05) is 36.9 Å². The molecule has 0 fully saturated rings. The number of anilines is 3. The number of nitrogens with one attached hydrogen (secondary N) is 2. The Labute approximate surface area is 152 Å². The van der Waals surface area contributed by atoms with E-state index >= 15 is 0 Å². The molecule has 6 heteroatoms. The second kappa shape index (κ2) is 8.40. The molecule has 0 atom stereocenters. The van der Waals surface area contributed by atoms with Crippen LogP contribution in [-0.4, -0.2) is 36.0 Å². The maximum Gasteiger partial charge on any atom is 0.229 e. The number of carbonyl (C=O) groups is 1. The van der Waals surface area contributed by atoms with Crippen molar-refractivity contribution < 1.29 is 9.53 Å². The average Bonchev–Trinajstić information content (AvgIpc) is 2.65. The van der Waals surface area contributed by atoms with Crippen LogP contribution in [0.3, 0.4) is 0 Å². The van der Waals surface area contributed by atoms with Crippen molar-refractivity contribution in [2.24, 2.45) is 0 Å². The molecule has 0 spiro atoms. The van der Waals surface area contributed by atoms with Gasteiger partial charge in [-0.1, -0.05) is 24.3 Å². The number of carbonyl (C=O) groups excluding carboxylic acids is 1. The van der Waals surface area contributed by atoms with E-state index in [4.69, 9.17) is 4.74 Å². The average molecular weight is 350 g/mol. The SMILES string of the molecule is COCCCNc1nc(Nc2cccc(C(C)=O)c2)nc2ccccc12. The van der Waals surface area contributed by atoms with Crippen LogP contribution >= 0.6 is 0 Å². The van der Waals surface area contributed by atoms with E-state index in [1.807, 2.05) is 36.4 Å². The van der Waals surface area contributed by atoms with E-state index in [-0.39, 0.29) is 5.78 Å². The van der Waals surface area contributed by atoms with E-state index in [9.17, 15) is 4.79 Å². The van der Waals surface area contributed by atoms with E-state index in [0.29, 0.717) is 18.1 Å². The summed E-state index contributed by atoms with van der Waals surface area (Å²) in [5.41, 5.74) is 2.27. The fourth-order valence-corrected chi connectivity index (χ4v) is 2.64. The van der Waals surface area contributed by atoms with E-state index < -0.39 is 0 Å². The lowest BCUT2D eigenvalue weighted by molar-refractivity contribution is 0.101. The number of aromatic nitrogens is 2. The number of fused-ring (bicyclic) bond motifs is 1. The van der Waals surface area contributed by atoms with Crippen molar-refractivity contribution in [1.29, 1.82) is 0 Å². The van der Waals surface area contributed by atoms with Crippen LogP contribution in [0.1, 0.15) is 23.7 Å². The van der Waals surface area contributed by atoms with Crippen LogP contribution in [-0.2, 0) is 4.74 Å². The van der Waals surface area contributed by atoms with Gasteiger partial charge >= 0.3 is 0 Å². The zero-order valence-electron chi connectivity index (χ0n) is 15.0. The first-order chi connectivity index (χ1) is 12.7. The van der Waals surface area contributed by atoms with Crippen molar-refractivity contribution in [2.75, 3.05) is 30.9 Å². The van der Waals surface area contributed by atoms with Crippen LogP contribution in [0.2, 0.25) is 0 Å². The molecule has 134 valence electrons. The third-order valence-corrected chi connectivity index (χ3v) is 3.95. The predicted molar refractivity (Wildman–Crippen MR) is 104 cm³/mol. The van der Waals surface area contributed by atoms with Crippen LogP contribution in [0.15, 0.2) is 48.5 Å². The maximum absolute atomic E-state index is 11.6. The lowest BCUT2D eigenvalue weighted by atomic mass is 10.1. The summed E-state index contributed by atoms with van der Waals surface area (Å²) >= 11 is 0. The van der Waals surface area contributed by atoms with E-state index in [1.165, 1.54) is 0 Å². The van der Waals surface area contributed by atoms with E-state index in [0.717, 1.165) is 35.4 Å². The third kappa shape index (κ3) is 4.34. The normalized spacial score (nSPS) is 10.7. The Hall–Kier alpha value is -2.99. The van der Waals surface area contributed by atoms with Gasteiger partial charge in [0.1, 0.15) is 5.82 Å². The van der Waals surface area contributed by atoms with Crippen LogP contribution in [0.25, 0.3) is 10.9 Å². The van der Waals surface area contributed by atoms with Gasteiger partial charge in [-0.15, -0.1) is 0 Å². The summed E-state index contributed by atoms with van der Waals surface area (Å²) in [6.07, 6.45) is 0.887. The number of hydrogen-bond donors (Lipinski definition) is 2. The van der Waals surface area contributed by atoms with Crippen LogP contribution in [0.4, 0.5) is 17.5 Å². The Morgan fingerprint density at radius 2 is 1.96 bits per heavy atom. The van der Waals surface area contributed by atoms with Crippen LogP contribution in [0.5, 0.6) is 0 Å². The third-order valence-electron chi connectivity index (χ3n) is 3.95. The smallest absolute Gasteiger partial charge is 0.229 e. The van der Waals surface area contributed by atoms with Crippen molar-refractivity contribution in [2.45, 2.75) is 13.3 Å². The van der Waals surface area contributed by atoms with Gasteiger partial charge in [0.05, 0.1) is 5.52 Å². The number of para-hydroxylation sites is 1. The van der Waals surface area contributed by atoms with Gasteiger partial charge in [0.25, 0.3) is 0 Å². The highest BCUT2D eigenvalue weighted by Crippen LogP contribution is 2.24. The molecule has 26 heavy (non-hydrogen) atoms. The second-order valence-electron chi connectivity index (χ2n) is 5.95. The van der Waals surface area contributed by atoms with Gasteiger partial charge in [0.2, 0.25) is 5.95 Å². The highest BCUT2D eigenvalue weighted by molar-refractivity contribution is 5.95. The molecule has 2 N–H and O–H groups in total. The fraction of sp³-hybridized carbons (Fsp3) is 0.250. The highest BCUT2D eigenvalue weighted by Gasteiger charge is 2.08. The Balaban J connectivity index is 1.88. The number of methoxy groups -OCH3 is 1. The molecule has 0 amide bonds. The number of ether oxygens (including phenoxy) is 1. The number of nitrogens with zero attached hydrogens (tertiary/aromatic N) is 2. The minimum absolute atomic E-state index is 0.0218. The number of hydrogen-bond acceptors (Lipinski definition) is 6. The molecule has 2 aromatic carbocycles. The second-order valence-corrected chi connectivity index (χ2v) is 5.95. The molecule has 0 radical (unpaired) electrons. The molecule has 0 aliphatic rings. The summed E-state index contributed by atoms with van der Waals surface area (Å²) < 4.78 is 5.09. The molecule has 0 unspecified atom stereocenters. The van der Waals surface area contributed by atoms with Crippen molar-refractivity contribution in [1.82, 2.24) is 9.97 Å². The summed E-state index contributed by atoms with van der Waals surface area (Å²) in [4.78, 5) is 20.8. The van der Waals surface area contributed by atoms with Crippen molar-refractivity contribution in [3.8, 4) is 0 Å². The monoisotopic (exact) mass is 350 g/mol. The van der Waals surface area contributed by atoms with Gasteiger partial charge in [-0.05, 0) is 37.6 Å². The summed E-state index contributed by atoms with van der Waals surface area (Å²) in [7, 11) is 1.69. The Morgan fingerprint density at radius 3 is 2.77 bits per heavy atom. The van der Waals surface area contributed by atoms with Gasteiger partial charge in [-0.25, -0.2) is 4.98 Å². The minimum Gasteiger partial charge on any atom is -0.385 e. The molecule has 1 aromatic heterocycles. The molecular formula is C20H22N4O2. The molecule has 3 aromatic rings. The zero-order valence-corrected chi connectivity index (χ0v) is 15.0. The molecule has 1 heterocycles. The van der Waals surface area contributed by atoms with Crippen molar-refractivity contribution in [3.05, 3.63) is 54.1 Å². The van der Waals surface area contributed by atoms with Gasteiger partial charge < -0.3 is 15.4 Å². The predicted octanol–water partition coefficient (Wildman–Crippen LogP) is 4.02. The number of rotatable bonds is 8. The topological polar surface area (TPSA) is 76.1 Å². The number of Topliss-reactive ketones (excluding diaryl/α,β-unsaturated/α-hetero) is 1. The number of ketones is 1. The zero-order chi connectivity index (χ0) is 18.4. The van der Waals surface area contributed by atoms with Gasteiger partial charge in [-0.2, -0.15) is 4.98 Å². The molecule has 0 bridgehead atoms. The maximum atomic E-state index is 11.6. The Morgan fingerprint density at radius 1 is 1.12 bits per heavy atom. The lowest BCUT2D eigenvalue weighted by Gasteiger charge is -2.12. The van der Waals surface area contributed by atoms with Crippen LogP contribution < -0.4 is 10.6 Å². The molecule has 3 rings (SSSR count). The Kier molecular flexibility index (Phi) is 5.76. The van der Waals surface area contributed by atoms with E-state index in [1.54, 1.807) is 26.2 Å². The van der Waals surface area contributed by atoms with E-state index in [2.05, 4.69) is 20.6 Å². The summed E-state index contributed by atoms with van der Waals surface area (Å²) in [6.45, 7) is 3.00. The standard InChI is InChI=1S/C20H22N4O2/c1-14(25)15-7-5-8-16(13-15)22-20-23-18-10-4-3-9-17(18)19(24-20)21-11-6-12-26-2/h3-5,7-10,13H,6,11-12H2,1-2H3,(H2,21,22,23,24). The molecule has 0 aliphatic carbocycles. The highest BCUT2D eigenvalue weighted by atomic mass is 16.5. The first kappa shape index (κ1) is 17.8. The lowest BCUT2D eigenvalue weighted by Crippen LogP contribution is -2.08. The summed E-state index contributed by atoms with van der Waals surface area (Å²) in [5, 5.41) is 7.51. The van der Waals surface area contributed by atoms with Gasteiger partial charge in [-0.3, -0.25) is 4.79 Å². The largest absolute Gasteiger partial charge is 0.385 e. The molecule has 6 nitrogen and oxygen atoms in total. The van der Waals surface area contributed by atoms with Crippen LogP contribution in [0, 0.1) is 0 Å². The quantitative estimate of drug-likeness (QED) is 0.472. The summed E-state index contributed by atoms with van der Waals surface area (Å²) in [6, 6.07) is 15.2. The van der Waals surface area contributed by atoms with Crippen molar-refractivity contribution in [3.63, 3.8) is 0 Å². The molecule has 0 saturated heterocycles. The Bertz CT molecular complexity index is 911. The first-order valence-corrected chi connectivity index (χ1v) is 8.55. The fourth-order valence-electron chi connectivity index (χ4n) is 2.64. The summed E-state index contributed by atoms with van der Waals surface area (Å²) in [5.74, 6) is 1.28. The molecule has 0 aliphatic heterocycles. The number of benzene rings is 2.